The highest BCUT2D eigenvalue weighted by molar-refractivity contribution is 9.11. The lowest BCUT2D eigenvalue weighted by molar-refractivity contribution is 0.444. The first-order valence-corrected chi connectivity index (χ1v) is 6.84. The lowest BCUT2D eigenvalue weighted by Crippen LogP contribution is -2.44. The predicted octanol–water partition coefficient (Wildman–Crippen LogP) is 1.11. The Bertz CT molecular complexity index is 510. The van der Waals surface area contributed by atoms with Crippen molar-refractivity contribution in [3.63, 3.8) is 0 Å². The molecule has 5 N–H and O–H groups in total. The molecule has 1 aromatic carbocycles. The number of hydrogen-bond acceptors (Lipinski definition) is 5. The van der Waals surface area contributed by atoms with Crippen LogP contribution in [0.25, 0.3) is 0 Å². The molecule has 0 saturated carbocycles. The molecule has 6 nitrogen and oxygen atoms in total. The van der Waals surface area contributed by atoms with E-state index >= 15 is 0 Å². The van der Waals surface area contributed by atoms with Crippen molar-refractivity contribution < 1.29 is 5.11 Å². The Hall–Kier alpha value is -0.900. The van der Waals surface area contributed by atoms with E-state index < -0.39 is 0 Å². The predicted molar refractivity (Wildman–Crippen MR) is 80.0 cm³/mol. The minimum Gasteiger partial charge on any atom is -0.506 e. The minimum absolute atomic E-state index is 0.129. The molecular weight excluding hydrogens is 386 g/mol. The summed E-state index contributed by atoms with van der Waals surface area (Å²) in [6.45, 7) is 0. The summed E-state index contributed by atoms with van der Waals surface area (Å²) in [5.74, 6) is 0.129. The van der Waals surface area contributed by atoms with Gasteiger partial charge in [0.1, 0.15) is 5.75 Å². The number of halogens is 2. The third-order valence-electron chi connectivity index (χ3n) is 2.07. The van der Waals surface area contributed by atoms with Gasteiger partial charge in [-0.3, -0.25) is 10.9 Å². The molecular formula is C9H9Br2N5OS. The summed E-state index contributed by atoms with van der Waals surface area (Å²) >= 11 is 11.5. The van der Waals surface area contributed by atoms with Crippen LogP contribution in [0.1, 0.15) is 5.56 Å². The molecule has 2 rings (SSSR count). The van der Waals surface area contributed by atoms with Gasteiger partial charge in [-0.1, -0.05) is 15.9 Å². The van der Waals surface area contributed by atoms with Crippen molar-refractivity contribution >= 4 is 55.4 Å². The van der Waals surface area contributed by atoms with Crippen LogP contribution in [-0.4, -0.2) is 22.7 Å². The van der Waals surface area contributed by atoms with Gasteiger partial charge in [-0.05, 0) is 40.3 Å². The quantitative estimate of drug-likeness (QED) is 0.300. The van der Waals surface area contributed by atoms with Crippen molar-refractivity contribution in [1.29, 1.82) is 0 Å². The van der Waals surface area contributed by atoms with Crippen LogP contribution in [0.2, 0.25) is 0 Å². The van der Waals surface area contributed by atoms with Crippen molar-refractivity contribution in [3.8, 4) is 5.75 Å². The molecule has 1 aromatic rings. The van der Waals surface area contributed by atoms with Gasteiger partial charge in [0.05, 0.1) is 10.7 Å². The van der Waals surface area contributed by atoms with Gasteiger partial charge in [0.2, 0.25) is 0 Å². The van der Waals surface area contributed by atoms with Gasteiger partial charge >= 0.3 is 0 Å². The second kappa shape index (κ2) is 5.83. The van der Waals surface area contributed by atoms with Crippen molar-refractivity contribution in [1.82, 2.24) is 21.6 Å². The molecule has 1 atom stereocenters. The van der Waals surface area contributed by atoms with Gasteiger partial charge in [0, 0.05) is 10.0 Å². The number of thiocarbonyl (C=S) groups is 1. The average molecular weight is 395 g/mol. The van der Waals surface area contributed by atoms with E-state index in [1.807, 2.05) is 0 Å². The Morgan fingerprint density at radius 1 is 1.44 bits per heavy atom. The summed E-state index contributed by atoms with van der Waals surface area (Å²) in [6, 6.07) is 3.51. The number of hydrazine groups is 1. The van der Waals surface area contributed by atoms with Gasteiger partial charge in [-0.2, -0.15) is 10.5 Å². The molecule has 96 valence electrons. The van der Waals surface area contributed by atoms with Crippen LogP contribution in [0.4, 0.5) is 0 Å². The molecule has 0 aromatic heterocycles. The maximum Gasteiger partial charge on any atom is 0.186 e. The van der Waals surface area contributed by atoms with Gasteiger partial charge in [-0.15, -0.1) is 0 Å². The first kappa shape index (κ1) is 13.5. The highest BCUT2D eigenvalue weighted by Crippen LogP contribution is 2.30. The summed E-state index contributed by atoms with van der Waals surface area (Å²) in [5, 5.41) is 17.2. The molecule has 18 heavy (non-hydrogen) atoms. The van der Waals surface area contributed by atoms with Crippen LogP contribution in [0.3, 0.4) is 0 Å². The van der Waals surface area contributed by atoms with Crippen LogP contribution >= 0.6 is 44.1 Å². The molecule has 0 bridgehead atoms. The zero-order chi connectivity index (χ0) is 13.1. The zero-order valence-electron chi connectivity index (χ0n) is 8.87. The van der Waals surface area contributed by atoms with Gasteiger partial charge in [-0.25, -0.2) is 0 Å². The number of benzene rings is 1. The number of rotatable bonds is 3. The fourth-order valence-electron chi connectivity index (χ4n) is 1.27. The van der Waals surface area contributed by atoms with E-state index in [0.29, 0.717) is 15.1 Å². The van der Waals surface area contributed by atoms with E-state index in [1.54, 1.807) is 12.1 Å². The summed E-state index contributed by atoms with van der Waals surface area (Å²) in [5.41, 5.74) is 8.90. The van der Waals surface area contributed by atoms with Crippen LogP contribution in [0, 0.1) is 0 Å². The summed E-state index contributed by atoms with van der Waals surface area (Å²) in [4.78, 5) is 0. The highest BCUT2D eigenvalue weighted by Gasteiger charge is 2.14. The van der Waals surface area contributed by atoms with Crippen LogP contribution in [0.5, 0.6) is 5.75 Å². The minimum atomic E-state index is -0.286. The fraction of sp³-hybridized carbons (Fsp3) is 0.111. The maximum atomic E-state index is 9.80. The van der Waals surface area contributed by atoms with E-state index in [4.69, 9.17) is 12.2 Å². The number of phenols is 1. The maximum absolute atomic E-state index is 9.80. The van der Waals surface area contributed by atoms with Crippen molar-refractivity contribution in [2.45, 2.75) is 6.29 Å². The Balaban J connectivity index is 2.03. The molecule has 0 spiro atoms. The number of hydrogen-bond donors (Lipinski definition) is 5. The van der Waals surface area contributed by atoms with Gasteiger partial charge in [0.15, 0.2) is 11.4 Å². The summed E-state index contributed by atoms with van der Waals surface area (Å²) < 4.78 is 1.44. The largest absolute Gasteiger partial charge is 0.506 e. The van der Waals surface area contributed by atoms with Crippen molar-refractivity contribution in [2.24, 2.45) is 5.10 Å². The second-order valence-electron chi connectivity index (χ2n) is 3.39. The fourth-order valence-corrected chi connectivity index (χ4v) is 2.71. The number of nitrogens with zero attached hydrogens (tertiary/aromatic N) is 1. The molecule has 1 aliphatic rings. The number of phenolic OH excluding ortho intramolecular Hbond substituents is 1. The zero-order valence-corrected chi connectivity index (χ0v) is 12.9. The van der Waals surface area contributed by atoms with Crippen molar-refractivity contribution in [3.05, 3.63) is 26.6 Å². The van der Waals surface area contributed by atoms with Crippen LogP contribution < -0.4 is 21.6 Å². The van der Waals surface area contributed by atoms with Crippen molar-refractivity contribution in [2.75, 3.05) is 0 Å². The van der Waals surface area contributed by atoms with Gasteiger partial charge in [0.25, 0.3) is 0 Å². The SMILES string of the molecule is Oc1c(Br)cc(Br)cc1/C=N/NC1NNC(=S)N1. The molecule has 9 heteroatoms. The normalized spacial score (nSPS) is 18.8. The monoisotopic (exact) mass is 393 g/mol. The number of hydrazone groups is 1. The van der Waals surface area contributed by atoms with Crippen LogP contribution in [-0.2, 0) is 0 Å². The summed E-state index contributed by atoms with van der Waals surface area (Å²) in [7, 11) is 0. The Kier molecular flexibility index (Phi) is 4.38. The van der Waals surface area contributed by atoms with Crippen LogP contribution in [0.15, 0.2) is 26.2 Å². The highest BCUT2D eigenvalue weighted by atomic mass is 79.9. The third kappa shape index (κ3) is 3.31. The number of aromatic hydroxyl groups is 1. The van der Waals surface area contributed by atoms with E-state index in [2.05, 4.69) is 58.6 Å². The Labute approximate surface area is 125 Å². The molecule has 1 unspecified atom stereocenters. The third-order valence-corrected chi connectivity index (χ3v) is 3.35. The Morgan fingerprint density at radius 2 is 2.22 bits per heavy atom. The summed E-state index contributed by atoms with van der Waals surface area (Å²) in [6.07, 6.45) is 1.22. The molecule has 1 fully saturated rings. The van der Waals surface area contributed by atoms with E-state index in [9.17, 15) is 5.11 Å². The lowest BCUT2D eigenvalue weighted by atomic mass is 10.2. The van der Waals surface area contributed by atoms with E-state index in [-0.39, 0.29) is 12.0 Å². The Morgan fingerprint density at radius 3 is 2.89 bits per heavy atom. The number of nitrogens with one attached hydrogen (secondary N) is 4. The van der Waals surface area contributed by atoms with E-state index in [0.717, 1.165) is 4.47 Å². The molecule has 0 amide bonds. The standard InChI is InChI=1S/C9H9Br2N5OS/c10-5-1-4(7(17)6(11)2-5)3-12-14-8-13-9(18)16-15-8/h1-3,8,14-15,17H,(H2,13,16,18)/b12-3+. The molecule has 1 aliphatic heterocycles. The first-order chi connectivity index (χ1) is 8.56. The van der Waals surface area contributed by atoms with E-state index in [1.165, 1.54) is 6.21 Å². The molecule has 1 saturated heterocycles. The smallest absolute Gasteiger partial charge is 0.186 e. The first-order valence-electron chi connectivity index (χ1n) is 4.85. The second-order valence-corrected chi connectivity index (χ2v) is 5.57. The molecule has 1 heterocycles. The molecule has 0 aliphatic carbocycles. The van der Waals surface area contributed by atoms with Gasteiger partial charge < -0.3 is 10.4 Å². The molecule has 0 radical (unpaired) electrons. The topological polar surface area (TPSA) is 80.7 Å². The lowest BCUT2D eigenvalue weighted by Gasteiger charge is -2.08. The average Bonchev–Trinajstić information content (AvgIpc) is 2.71.